The first-order chi connectivity index (χ1) is 10.7. The first kappa shape index (κ1) is 13.9. The lowest BCUT2D eigenvalue weighted by atomic mass is 9.80. The van der Waals surface area contributed by atoms with Crippen molar-refractivity contribution in [2.75, 3.05) is 18.0 Å². The van der Waals surface area contributed by atoms with Crippen LogP contribution in [-0.2, 0) is 0 Å². The van der Waals surface area contributed by atoms with Gasteiger partial charge in [0, 0.05) is 25.0 Å². The molecule has 1 aliphatic heterocycles. The molecule has 4 rings (SSSR count). The molecule has 7 nitrogen and oxygen atoms in total. The predicted molar refractivity (Wildman–Crippen MR) is 81.7 cm³/mol. The highest BCUT2D eigenvalue weighted by Crippen LogP contribution is 2.35. The predicted octanol–water partition coefficient (Wildman–Crippen LogP) is 1.98. The van der Waals surface area contributed by atoms with Gasteiger partial charge in [-0.1, -0.05) is 16.8 Å². The van der Waals surface area contributed by atoms with Gasteiger partial charge in [-0.25, -0.2) is 9.97 Å². The number of aromatic nitrogens is 4. The maximum atomic E-state index is 6.21. The Kier molecular flexibility index (Phi) is 3.46. The third-order valence-electron chi connectivity index (χ3n) is 4.30. The molecule has 2 fully saturated rings. The second-order valence-corrected chi connectivity index (χ2v) is 6.35. The fourth-order valence-electron chi connectivity index (χ4n) is 2.95. The molecular formula is C14H17ClN6O. The van der Waals surface area contributed by atoms with Gasteiger partial charge in [-0.05, 0) is 25.7 Å². The van der Waals surface area contributed by atoms with E-state index in [4.69, 9.17) is 21.9 Å². The molecule has 0 atom stereocenters. The van der Waals surface area contributed by atoms with E-state index in [1.165, 1.54) is 0 Å². The first-order valence-electron chi connectivity index (χ1n) is 7.58. The summed E-state index contributed by atoms with van der Waals surface area (Å²) in [4.78, 5) is 15.4. The van der Waals surface area contributed by atoms with Crippen LogP contribution >= 0.6 is 11.6 Å². The molecule has 0 spiro atoms. The Morgan fingerprint density at radius 2 is 2.00 bits per heavy atom. The highest BCUT2D eigenvalue weighted by Gasteiger charge is 2.32. The van der Waals surface area contributed by atoms with Crippen LogP contribution in [0.4, 0.5) is 5.95 Å². The van der Waals surface area contributed by atoms with Gasteiger partial charge in [-0.2, -0.15) is 4.98 Å². The molecule has 0 bridgehead atoms. The van der Waals surface area contributed by atoms with Crippen LogP contribution in [0.5, 0.6) is 0 Å². The van der Waals surface area contributed by atoms with Crippen LogP contribution in [0.25, 0.3) is 11.6 Å². The lowest BCUT2D eigenvalue weighted by molar-refractivity contribution is 0.322. The number of hydrogen-bond donors (Lipinski definition) is 1. The monoisotopic (exact) mass is 320 g/mol. The zero-order chi connectivity index (χ0) is 15.1. The second kappa shape index (κ2) is 5.48. The molecule has 1 saturated carbocycles. The number of nitrogens with two attached hydrogens (primary N) is 1. The summed E-state index contributed by atoms with van der Waals surface area (Å²) in [5.74, 6) is 1.99. The molecule has 8 heteroatoms. The highest BCUT2D eigenvalue weighted by molar-refractivity contribution is 6.32. The van der Waals surface area contributed by atoms with E-state index in [-0.39, 0.29) is 12.0 Å². The average molecular weight is 321 g/mol. The van der Waals surface area contributed by atoms with E-state index in [1.807, 2.05) is 0 Å². The zero-order valence-electron chi connectivity index (χ0n) is 12.1. The van der Waals surface area contributed by atoms with Gasteiger partial charge >= 0.3 is 0 Å². The van der Waals surface area contributed by atoms with Gasteiger partial charge in [-0.3, -0.25) is 0 Å². The highest BCUT2D eigenvalue weighted by atomic mass is 35.5. The van der Waals surface area contributed by atoms with Gasteiger partial charge < -0.3 is 15.2 Å². The third-order valence-corrected chi connectivity index (χ3v) is 4.58. The minimum Gasteiger partial charge on any atom is -0.341 e. The van der Waals surface area contributed by atoms with Crippen molar-refractivity contribution in [3.05, 3.63) is 17.0 Å². The lowest BCUT2D eigenvalue weighted by Crippen LogP contribution is -2.35. The Balaban J connectivity index is 1.62. The van der Waals surface area contributed by atoms with Gasteiger partial charge in [0.2, 0.25) is 5.95 Å². The van der Waals surface area contributed by atoms with Crippen molar-refractivity contribution in [3.8, 4) is 11.6 Å². The lowest BCUT2D eigenvalue weighted by Gasteiger charge is -2.29. The van der Waals surface area contributed by atoms with Crippen molar-refractivity contribution >= 4 is 17.5 Å². The molecule has 1 saturated heterocycles. The Hall–Kier alpha value is -1.73. The first-order valence-corrected chi connectivity index (χ1v) is 7.95. The quantitative estimate of drug-likeness (QED) is 0.924. The normalized spacial score (nSPS) is 24.5. The van der Waals surface area contributed by atoms with Crippen LogP contribution in [0, 0.1) is 0 Å². The van der Waals surface area contributed by atoms with Gasteiger partial charge in [-0.15, -0.1) is 0 Å². The standard InChI is InChI=1S/C14H17ClN6O/c15-10-7-17-14(21-3-1-2-4-21)18-11(10)13-19-12(20-22-13)8-5-9(16)6-8/h7-9H,1-6,16H2. The summed E-state index contributed by atoms with van der Waals surface area (Å²) in [6.45, 7) is 1.94. The van der Waals surface area contributed by atoms with Crippen LogP contribution < -0.4 is 10.6 Å². The second-order valence-electron chi connectivity index (χ2n) is 5.95. The van der Waals surface area contributed by atoms with Gasteiger partial charge in [0.15, 0.2) is 11.5 Å². The molecular weight excluding hydrogens is 304 g/mol. The van der Waals surface area contributed by atoms with Crippen molar-refractivity contribution in [1.29, 1.82) is 0 Å². The minimum atomic E-state index is 0.247. The molecule has 2 aliphatic rings. The zero-order valence-corrected chi connectivity index (χ0v) is 12.8. The number of halogens is 1. The largest absolute Gasteiger partial charge is 0.341 e. The maximum Gasteiger partial charge on any atom is 0.278 e. The van der Waals surface area contributed by atoms with Crippen LogP contribution in [0.1, 0.15) is 37.4 Å². The van der Waals surface area contributed by atoms with Gasteiger partial charge in [0.25, 0.3) is 5.89 Å². The van der Waals surface area contributed by atoms with E-state index in [1.54, 1.807) is 6.20 Å². The Morgan fingerprint density at radius 3 is 2.73 bits per heavy atom. The van der Waals surface area contributed by atoms with Crippen LogP contribution in [0.3, 0.4) is 0 Å². The molecule has 116 valence electrons. The molecule has 1 aliphatic carbocycles. The molecule has 2 N–H and O–H groups in total. The van der Waals surface area contributed by atoms with Crippen LogP contribution in [-0.4, -0.2) is 39.2 Å². The van der Waals surface area contributed by atoms with Crippen molar-refractivity contribution in [2.24, 2.45) is 5.73 Å². The van der Waals surface area contributed by atoms with E-state index < -0.39 is 0 Å². The summed E-state index contributed by atoms with van der Waals surface area (Å²) in [6.07, 6.45) is 5.72. The number of hydrogen-bond acceptors (Lipinski definition) is 7. The van der Waals surface area contributed by atoms with Crippen LogP contribution in [0.2, 0.25) is 5.02 Å². The molecule has 22 heavy (non-hydrogen) atoms. The molecule has 0 amide bonds. The average Bonchev–Trinajstić information content (AvgIpc) is 3.16. The summed E-state index contributed by atoms with van der Waals surface area (Å²) in [6, 6.07) is 0.247. The molecule has 2 aromatic heterocycles. The van der Waals surface area contributed by atoms with Crippen molar-refractivity contribution in [3.63, 3.8) is 0 Å². The summed E-state index contributed by atoms with van der Waals surface area (Å²) in [7, 11) is 0. The molecule has 3 heterocycles. The van der Waals surface area contributed by atoms with Crippen molar-refractivity contribution < 1.29 is 4.52 Å². The minimum absolute atomic E-state index is 0.247. The van der Waals surface area contributed by atoms with Gasteiger partial charge in [0.1, 0.15) is 0 Å². The molecule has 0 aromatic carbocycles. The molecule has 0 radical (unpaired) electrons. The number of anilines is 1. The Bertz CT molecular complexity index is 678. The SMILES string of the molecule is NC1CC(c2noc(-c3nc(N4CCCC4)ncc3Cl)n2)C1. The fraction of sp³-hybridized carbons (Fsp3) is 0.571. The van der Waals surface area contributed by atoms with Crippen LogP contribution in [0.15, 0.2) is 10.7 Å². The van der Waals surface area contributed by atoms with Crippen molar-refractivity contribution in [1.82, 2.24) is 20.1 Å². The third kappa shape index (κ3) is 2.44. The summed E-state index contributed by atoms with van der Waals surface area (Å²) in [5.41, 5.74) is 6.31. The fourth-order valence-corrected chi connectivity index (χ4v) is 3.12. The number of rotatable bonds is 3. The Labute approximate surface area is 132 Å². The molecule has 2 aromatic rings. The molecule has 0 unspecified atom stereocenters. The maximum absolute atomic E-state index is 6.21. The van der Waals surface area contributed by atoms with E-state index in [0.29, 0.717) is 28.4 Å². The smallest absolute Gasteiger partial charge is 0.278 e. The van der Waals surface area contributed by atoms with E-state index in [2.05, 4.69) is 25.0 Å². The van der Waals surface area contributed by atoms with E-state index in [9.17, 15) is 0 Å². The van der Waals surface area contributed by atoms with Gasteiger partial charge in [0.05, 0.1) is 11.2 Å². The Morgan fingerprint density at radius 1 is 1.23 bits per heavy atom. The summed E-state index contributed by atoms with van der Waals surface area (Å²) in [5, 5.41) is 4.46. The van der Waals surface area contributed by atoms with E-state index in [0.717, 1.165) is 38.8 Å². The summed E-state index contributed by atoms with van der Waals surface area (Å²) < 4.78 is 5.35. The van der Waals surface area contributed by atoms with Crippen molar-refractivity contribution in [2.45, 2.75) is 37.6 Å². The topological polar surface area (TPSA) is 94.0 Å². The summed E-state index contributed by atoms with van der Waals surface area (Å²) >= 11 is 6.21. The van der Waals surface area contributed by atoms with E-state index >= 15 is 0 Å². The number of nitrogens with zero attached hydrogens (tertiary/aromatic N) is 5.